The summed E-state index contributed by atoms with van der Waals surface area (Å²) in [6.07, 6.45) is 2.89. The number of halogens is 1. The first-order chi connectivity index (χ1) is 9.68. The summed E-state index contributed by atoms with van der Waals surface area (Å²) in [5.41, 5.74) is 2.45. The highest BCUT2D eigenvalue weighted by molar-refractivity contribution is 9.10. The van der Waals surface area contributed by atoms with E-state index in [0.717, 1.165) is 29.8 Å². The van der Waals surface area contributed by atoms with E-state index in [0.29, 0.717) is 0 Å². The highest BCUT2D eigenvalue weighted by Gasteiger charge is 2.03. The standard InChI is InChI=1S/C16H20BrN3/c1-13-9-11-19-16(15(13)17)18-10-6-12-20(2)14-7-4-3-5-8-14/h3-5,7-9,11H,6,10,12H2,1-2H3,(H,18,19). The van der Waals surface area contributed by atoms with Crippen LogP contribution in [-0.4, -0.2) is 25.1 Å². The fourth-order valence-electron chi connectivity index (χ4n) is 2.00. The van der Waals surface area contributed by atoms with Gasteiger partial charge in [-0.25, -0.2) is 4.98 Å². The molecule has 0 spiro atoms. The monoisotopic (exact) mass is 333 g/mol. The average molecular weight is 334 g/mol. The number of nitrogens with zero attached hydrogens (tertiary/aromatic N) is 2. The second-order valence-corrected chi connectivity index (χ2v) is 5.62. The Kier molecular flexibility index (Phi) is 5.41. The zero-order chi connectivity index (χ0) is 14.4. The molecular weight excluding hydrogens is 314 g/mol. The van der Waals surface area contributed by atoms with Crippen LogP contribution in [0.25, 0.3) is 0 Å². The lowest BCUT2D eigenvalue weighted by molar-refractivity contribution is 0.813. The van der Waals surface area contributed by atoms with Gasteiger partial charge >= 0.3 is 0 Å². The Balaban J connectivity index is 1.78. The quantitative estimate of drug-likeness (QED) is 0.807. The second kappa shape index (κ2) is 7.29. The fourth-order valence-corrected chi connectivity index (χ4v) is 2.37. The van der Waals surface area contributed by atoms with Crippen molar-refractivity contribution in [3.63, 3.8) is 0 Å². The number of nitrogens with one attached hydrogen (secondary N) is 1. The molecule has 0 aliphatic heterocycles. The molecule has 106 valence electrons. The maximum Gasteiger partial charge on any atom is 0.140 e. The summed E-state index contributed by atoms with van der Waals surface area (Å²) in [7, 11) is 2.12. The molecular formula is C16H20BrN3. The van der Waals surface area contributed by atoms with E-state index in [1.54, 1.807) is 0 Å². The minimum atomic E-state index is 0.909. The Morgan fingerprint density at radius 3 is 2.70 bits per heavy atom. The molecule has 1 aromatic heterocycles. The number of aryl methyl sites for hydroxylation is 1. The molecule has 0 unspecified atom stereocenters. The van der Waals surface area contributed by atoms with Gasteiger partial charge in [-0.1, -0.05) is 18.2 Å². The molecule has 0 atom stereocenters. The Bertz CT molecular complexity index is 543. The maximum absolute atomic E-state index is 4.34. The van der Waals surface area contributed by atoms with E-state index in [-0.39, 0.29) is 0 Å². The van der Waals surface area contributed by atoms with Gasteiger partial charge in [-0.3, -0.25) is 0 Å². The van der Waals surface area contributed by atoms with Crippen molar-refractivity contribution in [2.75, 3.05) is 30.4 Å². The zero-order valence-electron chi connectivity index (χ0n) is 11.9. The molecule has 4 heteroatoms. The molecule has 0 bridgehead atoms. The Morgan fingerprint density at radius 1 is 1.20 bits per heavy atom. The Hall–Kier alpha value is -1.55. The summed E-state index contributed by atoms with van der Waals surface area (Å²) in [6.45, 7) is 3.99. The van der Waals surface area contributed by atoms with Crippen LogP contribution in [0, 0.1) is 6.92 Å². The Morgan fingerprint density at radius 2 is 1.95 bits per heavy atom. The van der Waals surface area contributed by atoms with Gasteiger partial charge in [-0.2, -0.15) is 0 Å². The van der Waals surface area contributed by atoms with E-state index in [4.69, 9.17) is 0 Å². The van der Waals surface area contributed by atoms with Crippen LogP contribution in [0.15, 0.2) is 47.1 Å². The zero-order valence-corrected chi connectivity index (χ0v) is 13.5. The summed E-state index contributed by atoms with van der Waals surface area (Å²) in [5.74, 6) is 0.923. The van der Waals surface area contributed by atoms with Crippen molar-refractivity contribution >= 4 is 27.4 Å². The van der Waals surface area contributed by atoms with Crippen LogP contribution in [0.1, 0.15) is 12.0 Å². The molecule has 3 nitrogen and oxygen atoms in total. The van der Waals surface area contributed by atoms with Crippen molar-refractivity contribution < 1.29 is 0 Å². The summed E-state index contributed by atoms with van der Waals surface area (Å²) in [6, 6.07) is 12.4. The molecule has 0 radical (unpaired) electrons. The van der Waals surface area contributed by atoms with Crippen LogP contribution in [0.2, 0.25) is 0 Å². The predicted molar refractivity (Wildman–Crippen MR) is 89.5 cm³/mol. The van der Waals surface area contributed by atoms with Crippen molar-refractivity contribution in [3.8, 4) is 0 Å². The molecule has 1 heterocycles. The highest BCUT2D eigenvalue weighted by Crippen LogP contribution is 2.23. The molecule has 2 rings (SSSR count). The van der Waals surface area contributed by atoms with Gasteiger partial charge in [0.05, 0.1) is 4.47 Å². The van der Waals surface area contributed by atoms with Crippen LogP contribution in [0.3, 0.4) is 0 Å². The lowest BCUT2D eigenvalue weighted by Crippen LogP contribution is -2.20. The average Bonchev–Trinajstić information content (AvgIpc) is 2.48. The Labute approximate surface area is 129 Å². The van der Waals surface area contributed by atoms with Crippen LogP contribution in [0.4, 0.5) is 11.5 Å². The topological polar surface area (TPSA) is 28.2 Å². The highest BCUT2D eigenvalue weighted by atomic mass is 79.9. The van der Waals surface area contributed by atoms with E-state index in [1.165, 1.54) is 11.3 Å². The van der Waals surface area contributed by atoms with Gasteiger partial charge in [0.15, 0.2) is 0 Å². The number of aromatic nitrogens is 1. The van der Waals surface area contributed by atoms with E-state index >= 15 is 0 Å². The third kappa shape index (κ3) is 3.97. The van der Waals surface area contributed by atoms with Crippen molar-refractivity contribution in [1.29, 1.82) is 0 Å². The first-order valence-corrected chi connectivity index (χ1v) is 7.59. The first kappa shape index (κ1) is 14.9. The van der Waals surface area contributed by atoms with Gasteiger partial charge in [-0.15, -0.1) is 0 Å². The summed E-state index contributed by atoms with van der Waals surface area (Å²) in [4.78, 5) is 6.61. The molecule has 0 fully saturated rings. The molecule has 20 heavy (non-hydrogen) atoms. The van der Waals surface area contributed by atoms with Gasteiger partial charge in [-0.05, 0) is 53.0 Å². The molecule has 1 N–H and O–H groups in total. The second-order valence-electron chi connectivity index (χ2n) is 4.83. The van der Waals surface area contributed by atoms with E-state index < -0.39 is 0 Å². The fraction of sp³-hybridized carbons (Fsp3) is 0.312. The van der Waals surface area contributed by atoms with Crippen molar-refractivity contribution in [1.82, 2.24) is 4.98 Å². The largest absolute Gasteiger partial charge is 0.375 e. The number of pyridine rings is 1. The lowest BCUT2D eigenvalue weighted by Gasteiger charge is -2.19. The minimum Gasteiger partial charge on any atom is -0.375 e. The molecule has 0 amide bonds. The molecule has 0 aliphatic rings. The molecule has 0 aliphatic carbocycles. The summed E-state index contributed by atoms with van der Waals surface area (Å²) < 4.78 is 1.05. The summed E-state index contributed by atoms with van der Waals surface area (Å²) >= 11 is 3.56. The predicted octanol–water partition coefficient (Wildman–Crippen LogP) is 4.09. The number of benzene rings is 1. The van der Waals surface area contributed by atoms with Crippen molar-refractivity contribution in [2.45, 2.75) is 13.3 Å². The van der Waals surface area contributed by atoms with Crippen LogP contribution < -0.4 is 10.2 Å². The first-order valence-electron chi connectivity index (χ1n) is 6.79. The van der Waals surface area contributed by atoms with Gasteiger partial charge in [0.25, 0.3) is 0 Å². The van der Waals surface area contributed by atoms with Crippen LogP contribution >= 0.6 is 15.9 Å². The van der Waals surface area contributed by atoms with Gasteiger partial charge < -0.3 is 10.2 Å². The van der Waals surface area contributed by atoms with Gasteiger partial charge in [0.2, 0.25) is 0 Å². The van der Waals surface area contributed by atoms with Crippen molar-refractivity contribution in [2.24, 2.45) is 0 Å². The molecule has 1 aromatic carbocycles. The minimum absolute atomic E-state index is 0.909. The number of anilines is 2. The SMILES string of the molecule is Cc1ccnc(NCCCN(C)c2ccccc2)c1Br. The van der Waals surface area contributed by atoms with Crippen molar-refractivity contribution in [3.05, 3.63) is 52.6 Å². The number of para-hydroxylation sites is 1. The molecule has 0 saturated heterocycles. The van der Waals surface area contributed by atoms with Gasteiger partial charge in [0, 0.05) is 32.0 Å². The molecule has 2 aromatic rings. The summed E-state index contributed by atoms with van der Waals surface area (Å²) in [5, 5.41) is 3.38. The van der Waals surface area contributed by atoms with E-state index in [1.807, 2.05) is 18.3 Å². The maximum atomic E-state index is 4.34. The molecule has 0 saturated carbocycles. The smallest absolute Gasteiger partial charge is 0.140 e. The van der Waals surface area contributed by atoms with E-state index in [9.17, 15) is 0 Å². The number of hydrogen-bond acceptors (Lipinski definition) is 3. The van der Waals surface area contributed by atoms with Gasteiger partial charge in [0.1, 0.15) is 5.82 Å². The number of rotatable bonds is 6. The van der Waals surface area contributed by atoms with Crippen LogP contribution in [-0.2, 0) is 0 Å². The van der Waals surface area contributed by atoms with E-state index in [2.05, 4.69) is 69.4 Å². The van der Waals surface area contributed by atoms with Crippen LogP contribution in [0.5, 0.6) is 0 Å². The normalized spacial score (nSPS) is 10.3. The lowest BCUT2D eigenvalue weighted by atomic mass is 10.3. The number of hydrogen-bond donors (Lipinski definition) is 1. The third-order valence-corrected chi connectivity index (χ3v) is 4.24. The third-order valence-electron chi connectivity index (χ3n) is 3.24.